The highest BCUT2D eigenvalue weighted by atomic mass is 35.5. The SMILES string of the molecule is N#Cc1cccn1CCCC(=O)Nc1ccc(Cl)cc1N. The van der Waals surface area contributed by atoms with Crippen LogP contribution in [0.3, 0.4) is 0 Å². The smallest absolute Gasteiger partial charge is 0.224 e. The number of hydrogen-bond acceptors (Lipinski definition) is 3. The van der Waals surface area contributed by atoms with Crippen molar-refractivity contribution in [2.45, 2.75) is 19.4 Å². The zero-order valence-electron chi connectivity index (χ0n) is 11.3. The predicted octanol–water partition coefficient (Wildman–Crippen LogP) is 3.01. The summed E-state index contributed by atoms with van der Waals surface area (Å²) in [5.41, 5.74) is 7.37. The zero-order chi connectivity index (χ0) is 15.2. The van der Waals surface area contributed by atoms with Crippen LogP contribution in [0.15, 0.2) is 36.5 Å². The van der Waals surface area contributed by atoms with E-state index in [0.717, 1.165) is 0 Å². The molecule has 1 aromatic carbocycles. The third-order valence-corrected chi connectivity index (χ3v) is 3.27. The molecule has 0 fully saturated rings. The number of halogens is 1. The molecule has 6 heteroatoms. The summed E-state index contributed by atoms with van der Waals surface area (Å²) >= 11 is 5.80. The fourth-order valence-electron chi connectivity index (χ4n) is 1.98. The largest absolute Gasteiger partial charge is 0.397 e. The summed E-state index contributed by atoms with van der Waals surface area (Å²) in [6.45, 7) is 0.624. The second-order valence-electron chi connectivity index (χ2n) is 4.58. The summed E-state index contributed by atoms with van der Waals surface area (Å²) in [5.74, 6) is -0.116. The molecule has 0 spiro atoms. The molecule has 0 bridgehead atoms. The first-order valence-electron chi connectivity index (χ1n) is 6.50. The molecule has 0 unspecified atom stereocenters. The van der Waals surface area contributed by atoms with E-state index in [1.807, 2.05) is 16.8 Å². The Morgan fingerprint density at radius 3 is 2.95 bits per heavy atom. The van der Waals surface area contributed by atoms with Crippen molar-refractivity contribution in [3.8, 4) is 6.07 Å². The maximum atomic E-state index is 11.9. The molecule has 1 amide bonds. The minimum absolute atomic E-state index is 0.116. The van der Waals surface area contributed by atoms with Crippen LogP contribution in [-0.2, 0) is 11.3 Å². The number of hydrogen-bond donors (Lipinski definition) is 2. The Bertz CT molecular complexity index is 687. The van der Waals surface area contributed by atoms with Gasteiger partial charge in [-0.05, 0) is 36.8 Å². The molecule has 0 aliphatic rings. The van der Waals surface area contributed by atoms with Gasteiger partial charge in [-0.15, -0.1) is 0 Å². The number of carbonyl (C=O) groups is 1. The number of nitrogens with one attached hydrogen (secondary N) is 1. The molecule has 0 saturated heterocycles. The Morgan fingerprint density at radius 2 is 2.24 bits per heavy atom. The number of aryl methyl sites for hydroxylation is 1. The van der Waals surface area contributed by atoms with Crippen LogP contribution in [-0.4, -0.2) is 10.5 Å². The maximum Gasteiger partial charge on any atom is 0.224 e. The fraction of sp³-hybridized carbons (Fsp3) is 0.200. The highest BCUT2D eigenvalue weighted by Crippen LogP contribution is 2.22. The van der Waals surface area contributed by atoms with Gasteiger partial charge < -0.3 is 15.6 Å². The number of nitrogens with zero attached hydrogens (tertiary/aromatic N) is 2. The van der Waals surface area contributed by atoms with Crippen LogP contribution in [0.5, 0.6) is 0 Å². The number of anilines is 2. The topological polar surface area (TPSA) is 83.8 Å². The van der Waals surface area contributed by atoms with E-state index < -0.39 is 0 Å². The van der Waals surface area contributed by atoms with Crippen molar-refractivity contribution in [1.82, 2.24) is 4.57 Å². The first-order chi connectivity index (χ1) is 10.1. The molecule has 1 heterocycles. The summed E-state index contributed by atoms with van der Waals surface area (Å²) in [6.07, 6.45) is 2.82. The Kier molecular flexibility index (Phi) is 4.85. The van der Waals surface area contributed by atoms with Gasteiger partial charge in [0.05, 0.1) is 11.4 Å². The summed E-state index contributed by atoms with van der Waals surface area (Å²) in [6, 6.07) is 10.6. The molecule has 0 aliphatic heterocycles. The normalized spacial score (nSPS) is 10.1. The highest BCUT2D eigenvalue weighted by Gasteiger charge is 2.06. The van der Waals surface area contributed by atoms with Crippen LogP contribution in [0.1, 0.15) is 18.5 Å². The van der Waals surface area contributed by atoms with Crippen LogP contribution < -0.4 is 11.1 Å². The monoisotopic (exact) mass is 302 g/mol. The molecule has 21 heavy (non-hydrogen) atoms. The maximum absolute atomic E-state index is 11.9. The number of benzene rings is 1. The van der Waals surface area contributed by atoms with Crippen LogP contribution in [0.2, 0.25) is 5.02 Å². The van der Waals surface area contributed by atoms with E-state index in [4.69, 9.17) is 22.6 Å². The van der Waals surface area contributed by atoms with Gasteiger partial charge in [0.1, 0.15) is 11.8 Å². The van der Waals surface area contributed by atoms with E-state index >= 15 is 0 Å². The van der Waals surface area contributed by atoms with Gasteiger partial charge in [-0.25, -0.2) is 0 Å². The molecular weight excluding hydrogens is 288 g/mol. The predicted molar refractivity (Wildman–Crippen MR) is 82.9 cm³/mol. The van der Waals surface area contributed by atoms with E-state index in [0.29, 0.717) is 41.5 Å². The minimum Gasteiger partial charge on any atom is -0.397 e. The first kappa shape index (κ1) is 14.9. The van der Waals surface area contributed by atoms with Gasteiger partial charge in [-0.1, -0.05) is 11.6 Å². The molecule has 0 atom stereocenters. The van der Waals surface area contributed by atoms with E-state index in [1.165, 1.54) is 0 Å². The number of nitrogen functional groups attached to an aromatic ring is 1. The lowest BCUT2D eigenvalue weighted by Gasteiger charge is -2.09. The number of carbonyl (C=O) groups excluding carboxylic acids is 1. The Hall–Kier alpha value is -2.45. The van der Waals surface area contributed by atoms with Gasteiger partial charge in [0.25, 0.3) is 0 Å². The number of rotatable bonds is 5. The van der Waals surface area contributed by atoms with Crippen LogP contribution in [0.25, 0.3) is 0 Å². The van der Waals surface area contributed by atoms with Gasteiger partial charge in [-0.3, -0.25) is 4.79 Å². The van der Waals surface area contributed by atoms with Gasteiger partial charge in [0, 0.05) is 24.2 Å². The molecule has 1 aromatic heterocycles. The Labute approximate surface area is 127 Å². The quantitative estimate of drug-likeness (QED) is 0.833. The van der Waals surface area contributed by atoms with Crippen molar-refractivity contribution >= 4 is 28.9 Å². The number of nitrogens with two attached hydrogens (primary N) is 1. The summed E-state index contributed by atoms with van der Waals surface area (Å²) < 4.78 is 1.82. The lowest BCUT2D eigenvalue weighted by Crippen LogP contribution is -2.13. The van der Waals surface area contributed by atoms with Crippen LogP contribution in [0.4, 0.5) is 11.4 Å². The van der Waals surface area contributed by atoms with Crippen molar-refractivity contribution in [1.29, 1.82) is 5.26 Å². The molecular formula is C15H15ClN4O. The Balaban J connectivity index is 1.84. The van der Waals surface area contributed by atoms with E-state index in [2.05, 4.69) is 11.4 Å². The molecule has 2 rings (SSSR count). The summed E-state index contributed by atoms with van der Waals surface area (Å²) in [7, 11) is 0. The van der Waals surface area contributed by atoms with Gasteiger partial charge >= 0.3 is 0 Å². The average Bonchev–Trinajstić information content (AvgIpc) is 2.89. The molecule has 0 radical (unpaired) electrons. The zero-order valence-corrected chi connectivity index (χ0v) is 12.1. The van der Waals surface area contributed by atoms with Gasteiger partial charge in [0.2, 0.25) is 5.91 Å². The average molecular weight is 303 g/mol. The molecule has 3 N–H and O–H groups in total. The van der Waals surface area contributed by atoms with Gasteiger partial charge in [0.15, 0.2) is 0 Å². The fourth-order valence-corrected chi connectivity index (χ4v) is 2.16. The third-order valence-electron chi connectivity index (χ3n) is 3.03. The molecule has 5 nitrogen and oxygen atoms in total. The van der Waals surface area contributed by atoms with E-state index in [-0.39, 0.29) is 5.91 Å². The number of aromatic nitrogens is 1. The van der Waals surface area contributed by atoms with Crippen LogP contribution in [0, 0.1) is 11.3 Å². The van der Waals surface area contributed by atoms with Crippen molar-refractivity contribution in [2.75, 3.05) is 11.1 Å². The second kappa shape index (κ2) is 6.82. The van der Waals surface area contributed by atoms with Crippen molar-refractivity contribution in [2.24, 2.45) is 0 Å². The van der Waals surface area contributed by atoms with Crippen molar-refractivity contribution in [3.05, 3.63) is 47.2 Å². The van der Waals surface area contributed by atoms with E-state index in [9.17, 15) is 4.79 Å². The lowest BCUT2D eigenvalue weighted by molar-refractivity contribution is -0.116. The minimum atomic E-state index is -0.116. The van der Waals surface area contributed by atoms with Gasteiger partial charge in [-0.2, -0.15) is 5.26 Å². The van der Waals surface area contributed by atoms with Crippen molar-refractivity contribution < 1.29 is 4.79 Å². The van der Waals surface area contributed by atoms with E-state index in [1.54, 1.807) is 24.3 Å². The molecule has 0 aliphatic carbocycles. The second-order valence-corrected chi connectivity index (χ2v) is 5.02. The Morgan fingerprint density at radius 1 is 1.43 bits per heavy atom. The number of nitriles is 1. The third kappa shape index (κ3) is 4.01. The van der Waals surface area contributed by atoms with Crippen molar-refractivity contribution in [3.63, 3.8) is 0 Å². The number of amides is 1. The standard InChI is InChI=1S/C15H15ClN4O/c16-11-5-6-14(13(18)9-11)19-15(21)4-2-8-20-7-1-3-12(20)10-17/h1,3,5-7,9H,2,4,8,18H2,(H,19,21). The molecule has 0 saturated carbocycles. The molecule has 108 valence electrons. The summed E-state index contributed by atoms with van der Waals surface area (Å²) in [4.78, 5) is 11.9. The first-order valence-corrected chi connectivity index (χ1v) is 6.88. The molecule has 2 aromatic rings. The summed E-state index contributed by atoms with van der Waals surface area (Å²) in [5, 5.41) is 12.2. The van der Waals surface area contributed by atoms with Crippen LogP contribution >= 0.6 is 11.6 Å². The lowest BCUT2D eigenvalue weighted by atomic mass is 10.2. The highest BCUT2D eigenvalue weighted by molar-refractivity contribution is 6.31.